The van der Waals surface area contributed by atoms with E-state index in [0.29, 0.717) is 5.56 Å². The van der Waals surface area contributed by atoms with Crippen molar-refractivity contribution >= 4 is 6.08 Å². The molecule has 1 aliphatic rings. The molecular formula is C21H22F3N. The Morgan fingerprint density at radius 2 is 1.72 bits per heavy atom. The number of alkyl halides is 3. The quantitative estimate of drug-likeness (QED) is 0.682. The van der Waals surface area contributed by atoms with Gasteiger partial charge in [0.05, 0.1) is 5.56 Å². The first-order valence-corrected chi connectivity index (χ1v) is 8.64. The highest BCUT2D eigenvalue weighted by molar-refractivity contribution is 5.54. The predicted molar refractivity (Wildman–Crippen MR) is 95.0 cm³/mol. The van der Waals surface area contributed by atoms with Crippen molar-refractivity contribution in [1.82, 2.24) is 4.90 Å². The molecule has 0 amide bonds. The molecule has 4 heteroatoms. The number of benzene rings is 2. The van der Waals surface area contributed by atoms with Gasteiger partial charge in [0.2, 0.25) is 0 Å². The van der Waals surface area contributed by atoms with Gasteiger partial charge < -0.3 is 0 Å². The van der Waals surface area contributed by atoms with Crippen molar-refractivity contribution in [2.75, 3.05) is 13.1 Å². The second-order valence-corrected chi connectivity index (χ2v) is 6.54. The summed E-state index contributed by atoms with van der Waals surface area (Å²) in [6.07, 6.45) is 0.536. The zero-order valence-electron chi connectivity index (χ0n) is 14.1. The van der Waals surface area contributed by atoms with Crippen LogP contribution in [0, 0.1) is 0 Å². The van der Waals surface area contributed by atoms with Crippen LogP contribution in [0.2, 0.25) is 0 Å². The molecule has 0 spiro atoms. The van der Waals surface area contributed by atoms with Gasteiger partial charge in [0.15, 0.2) is 0 Å². The van der Waals surface area contributed by atoms with Crippen LogP contribution in [0.3, 0.4) is 0 Å². The summed E-state index contributed by atoms with van der Waals surface area (Å²) < 4.78 is 38.5. The van der Waals surface area contributed by atoms with Crippen LogP contribution in [0.5, 0.6) is 0 Å². The summed E-state index contributed by atoms with van der Waals surface area (Å²) in [4.78, 5) is 2.42. The minimum atomic E-state index is -4.29. The van der Waals surface area contributed by atoms with Crippen LogP contribution < -0.4 is 0 Å². The Morgan fingerprint density at radius 3 is 2.48 bits per heavy atom. The maximum atomic E-state index is 12.8. The lowest BCUT2D eigenvalue weighted by molar-refractivity contribution is -0.137. The van der Waals surface area contributed by atoms with E-state index in [0.717, 1.165) is 45.0 Å². The third-order valence-corrected chi connectivity index (χ3v) is 4.56. The van der Waals surface area contributed by atoms with E-state index in [1.165, 1.54) is 23.3 Å². The van der Waals surface area contributed by atoms with Gasteiger partial charge in [-0.05, 0) is 49.1 Å². The van der Waals surface area contributed by atoms with Crippen molar-refractivity contribution in [3.63, 3.8) is 0 Å². The van der Waals surface area contributed by atoms with Gasteiger partial charge in [0, 0.05) is 13.1 Å². The standard InChI is InChI=1S/C21H22F3N/c22-21(23,24)20-10-4-8-19(15-20)14-17-9-5-12-25(13-11-17)16-18-6-2-1-3-7-18/h1-4,6-8,10,14-15H,5,9,11-13,16H2. The minimum absolute atomic E-state index is 0.582. The third kappa shape index (κ3) is 5.20. The van der Waals surface area contributed by atoms with Crippen LogP contribution in [0.15, 0.2) is 60.2 Å². The molecular weight excluding hydrogens is 323 g/mol. The molecule has 0 N–H and O–H groups in total. The Bertz CT molecular complexity index is 719. The molecule has 0 aliphatic carbocycles. The lowest BCUT2D eigenvalue weighted by Gasteiger charge is -2.19. The van der Waals surface area contributed by atoms with Crippen LogP contribution >= 0.6 is 0 Å². The SMILES string of the molecule is FC(F)(F)c1cccc(C=C2CCCN(Cc3ccccc3)CC2)c1. The van der Waals surface area contributed by atoms with Crippen molar-refractivity contribution in [3.05, 3.63) is 76.9 Å². The Balaban J connectivity index is 1.65. The number of rotatable bonds is 3. The van der Waals surface area contributed by atoms with Crippen molar-refractivity contribution in [2.24, 2.45) is 0 Å². The molecule has 1 fully saturated rings. The summed E-state index contributed by atoms with van der Waals surface area (Å²) in [7, 11) is 0. The molecule has 1 aliphatic heterocycles. The van der Waals surface area contributed by atoms with E-state index in [-0.39, 0.29) is 0 Å². The first kappa shape index (κ1) is 17.7. The fourth-order valence-electron chi connectivity index (χ4n) is 3.25. The molecule has 1 heterocycles. The lowest BCUT2D eigenvalue weighted by atomic mass is 10.0. The summed E-state index contributed by atoms with van der Waals surface area (Å²) in [6.45, 7) is 2.90. The van der Waals surface area contributed by atoms with Gasteiger partial charge >= 0.3 is 6.18 Å². The average Bonchev–Trinajstić information content (AvgIpc) is 2.81. The lowest BCUT2D eigenvalue weighted by Crippen LogP contribution is -2.23. The summed E-state index contributed by atoms with van der Waals surface area (Å²) in [5.74, 6) is 0. The van der Waals surface area contributed by atoms with Gasteiger partial charge in [-0.1, -0.05) is 54.1 Å². The summed E-state index contributed by atoms with van der Waals surface area (Å²) >= 11 is 0. The molecule has 0 radical (unpaired) electrons. The molecule has 2 aromatic carbocycles. The maximum absolute atomic E-state index is 12.8. The zero-order valence-corrected chi connectivity index (χ0v) is 14.1. The number of nitrogens with zero attached hydrogens (tertiary/aromatic N) is 1. The zero-order chi connectivity index (χ0) is 17.7. The largest absolute Gasteiger partial charge is 0.416 e. The van der Waals surface area contributed by atoms with E-state index in [4.69, 9.17) is 0 Å². The first-order valence-electron chi connectivity index (χ1n) is 8.64. The molecule has 1 nitrogen and oxygen atoms in total. The van der Waals surface area contributed by atoms with Crippen molar-refractivity contribution < 1.29 is 13.2 Å². The van der Waals surface area contributed by atoms with E-state index in [1.807, 2.05) is 24.3 Å². The second-order valence-electron chi connectivity index (χ2n) is 6.54. The molecule has 0 saturated carbocycles. The molecule has 25 heavy (non-hydrogen) atoms. The van der Waals surface area contributed by atoms with Gasteiger partial charge in [0.25, 0.3) is 0 Å². The van der Waals surface area contributed by atoms with Gasteiger partial charge in [-0.15, -0.1) is 0 Å². The fraction of sp³-hybridized carbons (Fsp3) is 0.333. The highest BCUT2D eigenvalue weighted by Crippen LogP contribution is 2.30. The minimum Gasteiger partial charge on any atom is -0.299 e. The predicted octanol–water partition coefficient (Wildman–Crippen LogP) is 5.77. The number of hydrogen-bond acceptors (Lipinski definition) is 1. The van der Waals surface area contributed by atoms with Gasteiger partial charge in [-0.3, -0.25) is 4.90 Å². The smallest absolute Gasteiger partial charge is 0.299 e. The van der Waals surface area contributed by atoms with Crippen molar-refractivity contribution in [1.29, 1.82) is 0 Å². The Hall–Kier alpha value is -2.07. The van der Waals surface area contributed by atoms with E-state index in [2.05, 4.69) is 17.0 Å². The van der Waals surface area contributed by atoms with E-state index < -0.39 is 11.7 Å². The third-order valence-electron chi connectivity index (χ3n) is 4.56. The average molecular weight is 345 g/mol. The van der Waals surface area contributed by atoms with E-state index >= 15 is 0 Å². The van der Waals surface area contributed by atoms with Crippen LogP contribution in [-0.4, -0.2) is 18.0 Å². The normalized spacial score (nSPS) is 18.3. The molecule has 0 unspecified atom stereocenters. The second kappa shape index (κ2) is 7.87. The Morgan fingerprint density at radius 1 is 0.920 bits per heavy atom. The maximum Gasteiger partial charge on any atom is 0.416 e. The number of hydrogen-bond donors (Lipinski definition) is 0. The van der Waals surface area contributed by atoms with Crippen molar-refractivity contribution in [3.8, 4) is 0 Å². The van der Waals surface area contributed by atoms with E-state index in [1.54, 1.807) is 6.07 Å². The topological polar surface area (TPSA) is 3.24 Å². The van der Waals surface area contributed by atoms with E-state index in [9.17, 15) is 13.2 Å². The van der Waals surface area contributed by atoms with Crippen LogP contribution in [0.4, 0.5) is 13.2 Å². The van der Waals surface area contributed by atoms with Gasteiger partial charge in [-0.25, -0.2) is 0 Å². The Kier molecular flexibility index (Phi) is 5.59. The van der Waals surface area contributed by atoms with Crippen LogP contribution in [-0.2, 0) is 12.7 Å². The van der Waals surface area contributed by atoms with Gasteiger partial charge in [-0.2, -0.15) is 13.2 Å². The molecule has 3 rings (SSSR count). The summed E-state index contributed by atoms with van der Waals surface area (Å²) in [5, 5.41) is 0. The van der Waals surface area contributed by atoms with Crippen LogP contribution in [0.1, 0.15) is 36.0 Å². The monoisotopic (exact) mass is 345 g/mol. The molecule has 0 aromatic heterocycles. The highest BCUT2D eigenvalue weighted by atomic mass is 19.4. The van der Waals surface area contributed by atoms with Crippen molar-refractivity contribution in [2.45, 2.75) is 32.0 Å². The molecule has 0 atom stereocenters. The molecule has 132 valence electrons. The molecule has 0 bridgehead atoms. The summed E-state index contributed by atoms with van der Waals surface area (Å²) in [5.41, 5.74) is 2.59. The van der Waals surface area contributed by atoms with Crippen LogP contribution in [0.25, 0.3) is 6.08 Å². The highest BCUT2D eigenvalue weighted by Gasteiger charge is 2.30. The summed E-state index contributed by atoms with van der Waals surface area (Å²) in [6, 6.07) is 16.0. The van der Waals surface area contributed by atoms with Gasteiger partial charge in [0.1, 0.15) is 0 Å². The first-order chi connectivity index (χ1) is 12.0. The number of halogens is 3. The Labute approximate surface area is 146 Å². The fourth-order valence-corrected chi connectivity index (χ4v) is 3.25. The number of likely N-dealkylation sites (tertiary alicyclic amines) is 1. The molecule has 1 saturated heterocycles. The molecule has 2 aromatic rings.